The number of nitrogens with zero attached hydrogens (tertiary/aromatic N) is 1. The Morgan fingerprint density at radius 2 is 2.19 bits per heavy atom. The highest BCUT2D eigenvalue weighted by Gasteiger charge is 2.10. The number of amides is 1. The molecule has 1 aromatic carbocycles. The zero-order valence-corrected chi connectivity index (χ0v) is 9.38. The second-order valence-electron chi connectivity index (χ2n) is 3.23. The van der Waals surface area contributed by atoms with E-state index in [0.717, 1.165) is 5.56 Å². The van der Waals surface area contributed by atoms with Crippen molar-refractivity contribution < 1.29 is 4.79 Å². The van der Waals surface area contributed by atoms with Crippen molar-refractivity contribution >= 4 is 17.5 Å². The average molecular weight is 236 g/mol. The maximum atomic E-state index is 11.3. The predicted octanol–water partition coefficient (Wildman–Crippen LogP) is 2.09. The van der Waals surface area contributed by atoms with Gasteiger partial charge in [0.25, 0.3) is 5.91 Å². The van der Waals surface area contributed by atoms with Crippen molar-refractivity contribution in [2.45, 2.75) is 0 Å². The molecule has 4 nitrogen and oxygen atoms in total. The number of rotatable bonds is 2. The standard InChI is InChI=1S/C11H10ClN3O/c1-13-11(16)10-6-9(14-15-10)7-4-2-3-5-8(7)12/h2-6H,1H3,(H,13,16)(H,14,15). The maximum Gasteiger partial charge on any atom is 0.269 e. The predicted molar refractivity (Wildman–Crippen MR) is 62.4 cm³/mol. The third kappa shape index (κ3) is 1.92. The lowest BCUT2D eigenvalue weighted by atomic mass is 10.1. The summed E-state index contributed by atoms with van der Waals surface area (Å²) in [7, 11) is 1.57. The quantitative estimate of drug-likeness (QED) is 0.838. The van der Waals surface area contributed by atoms with Gasteiger partial charge in [-0.25, -0.2) is 0 Å². The van der Waals surface area contributed by atoms with E-state index in [9.17, 15) is 4.79 Å². The fourth-order valence-corrected chi connectivity index (χ4v) is 1.61. The second-order valence-corrected chi connectivity index (χ2v) is 3.63. The first-order valence-electron chi connectivity index (χ1n) is 4.75. The fraction of sp³-hybridized carbons (Fsp3) is 0.0909. The molecular formula is C11H10ClN3O. The van der Waals surface area contributed by atoms with Crippen molar-refractivity contribution in [3.8, 4) is 11.3 Å². The highest BCUT2D eigenvalue weighted by atomic mass is 35.5. The molecule has 1 amide bonds. The molecule has 2 aromatic rings. The molecule has 1 heterocycles. The smallest absolute Gasteiger partial charge is 0.269 e. The van der Waals surface area contributed by atoms with Crippen molar-refractivity contribution in [2.24, 2.45) is 0 Å². The first kappa shape index (κ1) is 10.7. The van der Waals surface area contributed by atoms with E-state index in [1.165, 1.54) is 0 Å². The number of halogens is 1. The van der Waals surface area contributed by atoms with Gasteiger partial charge in [-0.15, -0.1) is 0 Å². The Labute approximate surface area is 97.6 Å². The van der Waals surface area contributed by atoms with Crippen LogP contribution < -0.4 is 5.32 Å². The summed E-state index contributed by atoms with van der Waals surface area (Å²) in [6.07, 6.45) is 0. The highest BCUT2D eigenvalue weighted by Crippen LogP contribution is 2.25. The van der Waals surface area contributed by atoms with E-state index < -0.39 is 0 Å². The summed E-state index contributed by atoms with van der Waals surface area (Å²) in [5, 5.41) is 9.83. The minimum Gasteiger partial charge on any atom is -0.354 e. The van der Waals surface area contributed by atoms with Crippen LogP contribution in [-0.4, -0.2) is 23.2 Å². The Hall–Kier alpha value is -1.81. The molecule has 1 aromatic heterocycles. The van der Waals surface area contributed by atoms with Crippen LogP contribution in [0.15, 0.2) is 30.3 Å². The molecule has 5 heteroatoms. The van der Waals surface area contributed by atoms with Crippen LogP contribution in [0.1, 0.15) is 10.5 Å². The largest absolute Gasteiger partial charge is 0.354 e. The van der Waals surface area contributed by atoms with Crippen molar-refractivity contribution in [2.75, 3.05) is 7.05 Å². The Bertz CT molecular complexity index is 521. The van der Waals surface area contributed by atoms with Crippen LogP contribution in [0.2, 0.25) is 5.02 Å². The van der Waals surface area contributed by atoms with Gasteiger partial charge in [0, 0.05) is 12.6 Å². The van der Waals surface area contributed by atoms with Gasteiger partial charge in [-0.2, -0.15) is 5.10 Å². The number of aromatic amines is 1. The molecule has 2 rings (SSSR count). The van der Waals surface area contributed by atoms with E-state index >= 15 is 0 Å². The van der Waals surface area contributed by atoms with Crippen LogP contribution in [0.4, 0.5) is 0 Å². The van der Waals surface area contributed by atoms with Gasteiger partial charge >= 0.3 is 0 Å². The Kier molecular flexibility index (Phi) is 2.92. The van der Waals surface area contributed by atoms with E-state index in [2.05, 4.69) is 15.5 Å². The molecule has 16 heavy (non-hydrogen) atoms. The van der Waals surface area contributed by atoms with Gasteiger partial charge in [0.15, 0.2) is 0 Å². The first-order valence-corrected chi connectivity index (χ1v) is 5.12. The van der Waals surface area contributed by atoms with Gasteiger partial charge in [0.1, 0.15) is 5.69 Å². The van der Waals surface area contributed by atoms with E-state index in [1.54, 1.807) is 19.2 Å². The number of aromatic nitrogens is 2. The summed E-state index contributed by atoms with van der Waals surface area (Å²) in [6, 6.07) is 9.02. The third-order valence-electron chi connectivity index (χ3n) is 2.20. The van der Waals surface area contributed by atoms with E-state index in [-0.39, 0.29) is 5.91 Å². The van der Waals surface area contributed by atoms with E-state index in [0.29, 0.717) is 16.4 Å². The summed E-state index contributed by atoms with van der Waals surface area (Å²) in [5.74, 6) is -0.203. The number of hydrogen-bond donors (Lipinski definition) is 2. The molecule has 0 atom stereocenters. The summed E-state index contributed by atoms with van der Waals surface area (Å²) in [4.78, 5) is 11.3. The van der Waals surface area contributed by atoms with Crippen molar-refractivity contribution in [3.05, 3.63) is 41.0 Å². The number of nitrogens with one attached hydrogen (secondary N) is 2. The summed E-state index contributed by atoms with van der Waals surface area (Å²) in [5.41, 5.74) is 1.87. The molecule has 0 fully saturated rings. The molecule has 0 saturated carbocycles. The monoisotopic (exact) mass is 235 g/mol. The van der Waals surface area contributed by atoms with Gasteiger partial charge in [-0.05, 0) is 12.1 Å². The second kappa shape index (κ2) is 4.37. The Morgan fingerprint density at radius 3 is 2.88 bits per heavy atom. The van der Waals surface area contributed by atoms with Crippen molar-refractivity contribution in [1.29, 1.82) is 0 Å². The van der Waals surface area contributed by atoms with Crippen LogP contribution in [0.25, 0.3) is 11.3 Å². The van der Waals surface area contributed by atoms with Crippen molar-refractivity contribution in [1.82, 2.24) is 15.5 Å². The molecule has 0 spiro atoms. The van der Waals surface area contributed by atoms with Crippen molar-refractivity contribution in [3.63, 3.8) is 0 Å². The molecule has 0 radical (unpaired) electrons. The highest BCUT2D eigenvalue weighted by molar-refractivity contribution is 6.33. The molecule has 0 aliphatic rings. The topological polar surface area (TPSA) is 57.8 Å². The van der Waals surface area contributed by atoms with Crippen LogP contribution in [0.3, 0.4) is 0 Å². The summed E-state index contributed by atoms with van der Waals surface area (Å²) in [6.45, 7) is 0. The van der Waals surface area contributed by atoms with Gasteiger partial charge in [-0.3, -0.25) is 9.89 Å². The lowest BCUT2D eigenvalue weighted by Crippen LogP contribution is -2.17. The minimum absolute atomic E-state index is 0.203. The molecule has 0 unspecified atom stereocenters. The summed E-state index contributed by atoms with van der Waals surface area (Å²) < 4.78 is 0. The Balaban J connectivity index is 2.39. The van der Waals surface area contributed by atoms with Gasteiger partial charge < -0.3 is 5.32 Å². The van der Waals surface area contributed by atoms with E-state index in [1.807, 2.05) is 18.2 Å². The van der Waals surface area contributed by atoms with E-state index in [4.69, 9.17) is 11.6 Å². The number of carbonyl (C=O) groups excluding carboxylic acids is 1. The zero-order chi connectivity index (χ0) is 11.5. The lowest BCUT2D eigenvalue weighted by Gasteiger charge is -1.97. The van der Waals surface area contributed by atoms with Crippen LogP contribution in [-0.2, 0) is 0 Å². The molecule has 0 aliphatic heterocycles. The third-order valence-corrected chi connectivity index (χ3v) is 2.53. The summed E-state index contributed by atoms with van der Waals surface area (Å²) >= 11 is 6.03. The van der Waals surface area contributed by atoms with Gasteiger partial charge in [-0.1, -0.05) is 29.8 Å². The van der Waals surface area contributed by atoms with Gasteiger partial charge in [0.05, 0.1) is 10.7 Å². The Morgan fingerprint density at radius 1 is 1.44 bits per heavy atom. The number of carbonyl (C=O) groups is 1. The molecule has 2 N–H and O–H groups in total. The molecular weight excluding hydrogens is 226 g/mol. The molecule has 0 aliphatic carbocycles. The average Bonchev–Trinajstić information content (AvgIpc) is 2.78. The SMILES string of the molecule is CNC(=O)c1cc(-c2ccccc2Cl)n[nH]1. The first-order chi connectivity index (χ1) is 7.72. The van der Waals surface area contributed by atoms with Crippen LogP contribution in [0.5, 0.6) is 0 Å². The van der Waals surface area contributed by atoms with Gasteiger partial charge in [0.2, 0.25) is 0 Å². The zero-order valence-electron chi connectivity index (χ0n) is 8.62. The maximum absolute atomic E-state index is 11.3. The fourth-order valence-electron chi connectivity index (χ4n) is 1.38. The number of benzene rings is 1. The lowest BCUT2D eigenvalue weighted by molar-refractivity contribution is 0.0958. The number of hydrogen-bond acceptors (Lipinski definition) is 2. The molecule has 82 valence electrons. The number of H-pyrrole nitrogens is 1. The van der Waals surface area contributed by atoms with Crippen LogP contribution in [0, 0.1) is 0 Å². The normalized spacial score (nSPS) is 10.1. The molecule has 0 bridgehead atoms. The molecule has 0 saturated heterocycles. The van der Waals surface area contributed by atoms with Crippen LogP contribution >= 0.6 is 11.6 Å². The minimum atomic E-state index is -0.203.